The largest absolute Gasteiger partial charge is 0.462 e. The molecule has 1 amide bonds. The quantitative estimate of drug-likeness (QED) is 0.833. The summed E-state index contributed by atoms with van der Waals surface area (Å²) in [5.74, 6) is 1.54. The maximum Gasteiger partial charge on any atom is 0.244 e. The number of nitrogens with one attached hydrogen (secondary N) is 1. The lowest BCUT2D eigenvalue weighted by Gasteiger charge is -2.17. The van der Waals surface area contributed by atoms with Gasteiger partial charge in [-0.2, -0.15) is 0 Å². The van der Waals surface area contributed by atoms with Crippen LogP contribution >= 0.6 is 0 Å². The third kappa shape index (κ3) is 3.49. The van der Waals surface area contributed by atoms with Gasteiger partial charge in [0.15, 0.2) is 0 Å². The fourth-order valence-corrected chi connectivity index (χ4v) is 2.51. The van der Waals surface area contributed by atoms with E-state index in [0.29, 0.717) is 11.5 Å². The summed E-state index contributed by atoms with van der Waals surface area (Å²) in [6.45, 7) is 6.39. The highest BCUT2D eigenvalue weighted by Crippen LogP contribution is 2.36. The van der Waals surface area contributed by atoms with Gasteiger partial charge in [-0.15, -0.1) is 0 Å². The first kappa shape index (κ1) is 12.9. The van der Waals surface area contributed by atoms with Crippen molar-refractivity contribution in [3.63, 3.8) is 0 Å². The van der Waals surface area contributed by atoms with Crippen molar-refractivity contribution < 1.29 is 9.21 Å². The average Bonchev–Trinajstić information content (AvgIpc) is 2.82. The van der Waals surface area contributed by atoms with Gasteiger partial charge in [0.2, 0.25) is 5.91 Å². The molecule has 0 bridgehead atoms. The topological polar surface area (TPSA) is 42.2 Å². The van der Waals surface area contributed by atoms with Gasteiger partial charge in [-0.05, 0) is 49.8 Å². The Bertz CT molecular complexity index is 457. The van der Waals surface area contributed by atoms with Crippen LogP contribution in [0.1, 0.15) is 44.6 Å². The molecule has 18 heavy (non-hydrogen) atoms. The Morgan fingerprint density at radius 3 is 2.83 bits per heavy atom. The first-order chi connectivity index (χ1) is 8.44. The monoisotopic (exact) mass is 247 g/mol. The van der Waals surface area contributed by atoms with Gasteiger partial charge < -0.3 is 9.73 Å². The van der Waals surface area contributed by atoms with E-state index >= 15 is 0 Å². The molecule has 0 radical (unpaired) electrons. The number of furan rings is 1. The highest BCUT2D eigenvalue weighted by molar-refractivity contribution is 5.91. The molecule has 0 aliphatic heterocycles. The fourth-order valence-electron chi connectivity index (χ4n) is 2.51. The van der Waals surface area contributed by atoms with E-state index < -0.39 is 0 Å². The minimum atomic E-state index is -0.0354. The van der Waals surface area contributed by atoms with Crippen LogP contribution in [-0.2, 0) is 4.79 Å². The van der Waals surface area contributed by atoms with Crippen LogP contribution in [0.25, 0.3) is 6.08 Å². The lowest BCUT2D eigenvalue weighted by Crippen LogP contribution is -2.32. The molecule has 0 spiro atoms. The van der Waals surface area contributed by atoms with E-state index in [9.17, 15) is 4.79 Å². The SMILES string of the molecule is Cc1ccc(/C=C/C(=O)NC2CCC(C)(C)C2)o1. The molecule has 1 aromatic rings. The number of carbonyl (C=O) groups excluding carboxylic acids is 1. The highest BCUT2D eigenvalue weighted by atomic mass is 16.3. The standard InChI is InChI=1S/C15H21NO2/c1-11-4-5-13(18-11)6-7-14(17)16-12-8-9-15(2,3)10-12/h4-7,12H,8-10H2,1-3H3,(H,16,17)/b7-6+. The number of carbonyl (C=O) groups is 1. The predicted octanol–water partition coefficient (Wildman–Crippen LogP) is 3.30. The van der Waals surface area contributed by atoms with Crippen LogP contribution in [-0.4, -0.2) is 11.9 Å². The zero-order valence-electron chi connectivity index (χ0n) is 11.3. The predicted molar refractivity (Wildman–Crippen MR) is 72.0 cm³/mol. The zero-order chi connectivity index (χ0) is 13.2. The number of aryl methyl sites for hydroxylation is 1. The molecular weight excluding hydrogens is 226 g/mol. The van der Waals surface area contributed by atoms with Gasteiger partial charge in [0.25, 0.3) is 0 Å². The van der Waals surface area contributed by atoms with E-state index in [1.165, 1.54) is 6.42 Å². The summed E-state index contributed by atoms with van der Waals surface area (Å²) >= 11 is 0. The summed E-state index contributed by atoms with van der Waals surface area (Å²) < 4.78 is 5.37. The van der Waals surface area contributed by atoms with Crippen LogP contribution < -0.4 is 5.32 Å². The van der Waals surface area contributed by atoms with E-state index in [0.717, 1.165) is 24.4 Å². The fraction of sp³-hybridized carbons (Fsp3) is 0.533. The van der Waals surface area contributed by atoms with Gasteiger partial charge in [0.1, 0.15) is 11.5 Å². The van der Waals surface area contributed by atoms with Crippen LogP contribution in [0.5, 0.6) is 0 Å². The smallest absolute Gasteiger partial charge is 0.244 e. The third-order valence-corrected chi connectivity index (χ3v) is 3.48. The summed E-state index contributed by atoms with van der Waals surface area (Å²) in [5, 5.41) is 3.04. The second kappa shape index (κ2) is 5.01. The molecule has 1 aromatic heterocycles. The van der Waals surface area contributed by atoms with Gasteiger partial charge >= 0.3 is 0 Å². The molecule has 1 N–H and O–H groups in total. The van der Waals surface area contributed by atoms with E-state index in [2.05, 4.69) is 19.2 Å². The van der Waals surface area contributed by atoms with Crippen LogP contribution in [0.3, 0.4) is 0 Å². The van der Waals surface area contributed by atoms with Crippen molar-refractivity contribution >= 4 is 12.0 Å². The Morgan fingerprint density at radius 2 is 2.28 bits per heavy atom. The van der Waals surface area contributed by atoms with Crippen molar-refractivity contribution in [2.45, 2.75) is 46.1 Å². The van der Waals surface area contributed by atoms with E-state index in [1.807, 2.05) is 19.1 Å². The molecule has 1 saturated carbocycles. The second-order valence-corrected chi connectivity index (χ2v) is 5.89. The van der Waals surface area contributed by atoms with Gasteiger partial charge in [-0.3, -0.25) is 4.79 Å². The summed E-state index contributed by atoms with van der Waals surface area (Å²) in [5.41, 5.74) is 0.361. The van der Waals surface area contributed by atoms with Crippen molar-refractivity contribution in [3.8, 4) is 0 Å². The van der Waals surface area contributed by atoms with Crippen LogP contribution in [0.4, 0.5) is 0 Å². The van der Waals surface area contributed by atoms with E-state index in [1.54, 1.807) is 12.2 Å². The number of rotatable bonds is 3. The van der Waals surface area contributed by atoms with Gasteiger partial charge in [0.05, 0.1) is 0 Å². The summed E-state index contributed by atoms with van der Waals surface area (Å²) in [6.07, 6.45) is 6.57. The Kier molecular flexibility index (Phi) is 3.60. The summed E-state index contributed by atoms with van der Waals surface area (Å²) in [7, 11) is 0. The molecule has 1 fully saturated rings. The summed E-state index contributed by atoms with van der Waals surface area (Å²) in [6, 6.07) is 4.06. The van der Waals surface area contributed by atoms with E-state index in [4.69, 9.17) is 4.42 Å². The normalized spacial score (nSPS) is 22.5. The van der Waals surface area contributed by atoms with Gasteiger partial charge in [0, 0.05) is 12.1 Å². The van der Waals surface area contributed by atoms with Crippen LogP contribution in [0.15, 0.2) is 22.6 Å². The van der Waals surface area contributed by atoms with E-state index in [-0.39, 0.29) is 5.91 Å². The maximum atomic E-state index is 11.8. The first-order valence-electron chi connectivity index (χ1n) is 6.50. The third-order valence-electron chi connectivity index (χ3n) is 3.48. The molecule has 3 heteroatoms. The Labute approximate surface area is 108 Å². The molecule has 3 nitrogen and oxygen atoms in total. The molecule has 1 atom stereocenters. The molecule has 0 aromatic carbocycles. The molecule has 1 aliphatic rings. The molecule has 1 aliphatic carbocycles. The lowest BCUT2D eigenvalue weighted by atomic mass is 9.92. The lowest BCUT2D eigenvalue weighted by molar-refractivity contribution is -0.117. The second-order valence-electron chi connectivity index (χ2n) is 5.89. The van der Waals surface area contributed by atoms with Crippen molar-refractivity contribution in [3.05, 3.63) is 29.7 Å². The van der Waals surface area contributed by atoms with Crippen LogP contribution in [0, 0.1) is 12.3 Å². The molecular formula is C15H21NO2. The molecule has 2 rings (SSSR count). The van der Waals surface area contributed by atoms with Gasteiger partial charge in [-0.25, -0.2) is 0 Å². The maximum absolute atomic E-state index is 11.8. The number of hydrogen-bond acceptors (Lipinski definition) is 2. The highest BCUT2D eigenvalue weighted by Gasteiger charge is 2.31. The zero-order valence-corrected chi connectivity index (χ0v) is 11.3. The van der Waals surface area contributed by atoms with Crippen molar-refractivity contribution in [1.82, 2.24) is 5.32 Å². The molecule has 98 valence electrons. The molecule has 1 heterocycles. The van der Waals surface area contributed by atoms with Crippen molar-refractivity contribution in [2.75, 3.05) is 0 Å². The number of hydrogen-bond donors (Lipinski definition) is 1. The minimum Gasteiger partial charge on any atom is -0.462 e. The Morgan fingerprint density at radius 1 is 1.50 bits per heavy atom. The molecule has 0 saturated heterocycles. The Hall–Kier alpha value is -1.51. The molecule has 1 unspecified atom stereocenters. The van der Waals surface area contributed by atoms with Crippen molar-refractivity contribution in [1.29, 1.82) is 0 Å². The van der Waals surface area contributed by atoms with Crippen LogP contribution in [0.2, 0.25) is 0 Å². The first-order valence-corrected chi connectivity index (χ1v) is 6.50. The van der Waals surface area contributed by atoms with Gasteiger partial charge in [-0.1, -0.05) is 13.8 Å². The average molecular weight is 247 g/mol. The summed E-state index contributed by atoms with van der Waals surface area (Å²) in [4.78, 5) is 11.8. The minimum absolute atomic E-state index is 0.0354. The van der Waals surface area contributed by atoms with Crippen molar-refractivity contribution in [2.24, 2.45) is 5.41 Å². The Balaban J connectivity index is 1.84. The number of amides is 1.